The van der Waals surface area contributed by atoms with Gasteiger partial charge in [0.2, 0.25) is 12.3 Å². The predicted octanol–water partition coefficient (Wildman–Crippen LogP) is 2.15. The fourth-order valence-corrected chi connectivity index (χ4v) is 1.02. The largest absolute Gasteiger partial charge is 0.433 e. The highest BCUT2D eigenvalue weighted by Crippen LogP contribution is 2.29. The third-order valence-corrected chi connectivity index (χ3v) is 1.66. The smallest absolute Gasteiger partial charge is 0.423 e. The number of alkyl halides is 3. The monoisotopic (exact) mass is 215 g/mol. The second-order valence-electron chi connectivity index (χ2n) is 2.67. The summed E-state index contributed by atoms with van der Waals surface area (Å²) in [6.45, 7) is 0. The summed E-state index contributed by atoms with van der Waals surface area (Å²) < 4.78 is 41.6. The van der Waals surface area contributed by atoms with E-state index in [0.717, 1.165) is 18.7 Å². The number of hydrogen-bond donors (Lipinski definition) is 0. The van der Waals surface area contributed by atoms with Crippen LogP contribution in [0.4, 0.5) is 13.2 Å². The minimum atomic E-state index is -4.48. The third-order valence-electron chi connectivity index (χ3n) is 1.66. The van der Waals surface area contributed by atoms with Gasteiger partial charge in [-0.25, -0.2) is 0 Å². The minimum Gasteiger partial charge on any atom is -0.423 e. The van der Waals surface area contributed by atoms with E-state index in [1.54, 1.807) is 0 Å². The number of halogens is 3. The molecule has 0 atom stereocenters. The maximum absolute atomic E-state index is 12.3. The molecule has 0 spiro atoms. The van der Waals surface area contributed by atoms with Crippen LogP contribution in [0.15, 0.2) is 29.1 Å². The van der Waals surface area contributed by atoms with Gasteiger partial charge in [0.05, 0.1) is 0 Å². The molecule has 0 aliphatic rings. The average Bonchev–Trinajstić information content (AvgIpc) is 2.69. The maximum atomic E-state index is 12.3. The topological polar surface area (TPSA) is 51.8 Å². The van der Waals surface area contributed by atoms with Crippen molar-refractivity contribution in [3.8, 4) is 11.5 Å². The minimum absolute atomic E-state index is 0.0305. The van der Waals surface area contributed by atoms with Crippen LogP contribution in [0.2, 0.25) is 0 Å². The third kappa shape index (κ3) is 1.95. The molecule has 4 nitrogen and oxygen atoms in total. The molecule has 7 heteroatoms. The van der Waals surface area contributed by atoms with Crippen molar-refractivity contribution < 1.29 is 17.6 Å². The van der Waals surface area contributed by atoms with Gasteiger partial charge in [-0.1, -0.05) is 0 Å². The zero-order valence-corrected chi connectivity index (χ0v) is 7.19. The molecule has 0 unspecified atom stereocenters. The maximum Gasteiger partial charge on any atom is 0.433 e. The summed E-state index contributed by atoms with van der Waals surface area (Å²) in [6.07, 6.45) is -2.39. The Kier molecular flexibility index (Phi) is 2.14. The Balaban J connectivity index is 2.44. The van der Waals surface area contributed by atoms with Crippen LogP contribution in [0.3, 0.4) is 0 Å². The summed E-state index contributed by atoms with van der Waals surface area (Å²) in [5.74, 6) is 0.0305. The number of rotatable bonds is 1. The lowest BCUT2D eigenvalue weighted by Crippen LogP contribution is -2.07. The van der Waals surface area contributed by atoms with Crippen molar-refractivity contribution in [2.45, 2.75) is 6.18 Å². The molecule has 0 bridgehead atoms. The second-order valence-corrected chi connectivity index (χ2v) is 2.67. The van der Waals surface area contributed by atoms with Crippen molar-refractivity contribution in [1.29, 1.82) is 0 Å². The predicted molar refractivity (Wildman–Crippen MR) is 42.5 cm³/mol. The zero-order valence-electron chi connectivity index (χ0n) is 7.19. The van der Waals surface area contributed by atoms with Crippen LogP contribution in [0, 0.1) is 0 Å². The summed E-state index contributed by atoms with van der Waals surface area (Å²) in [5, 5.41) is 6.87. The molecule has 0 saturated heterocycles. The Hall–Kier alpha value is -1.92. The lowest BCUT2D eigenvalue weighted by molar-refractivity contribution is -0.141. The molecule has 2 aromatic rings. The van der Waals surface area contributed by atoms with Crippen molar-refractivity contribution in [3.63, 3.8) is 0 Å². The SMILES string of the molecule is FC(F)(F)c1cc(-c2nnco2)ccn1. The Morgan fingerprint density at radius 1 is 1.27 bits per heavy atom. The molecule has 2 heterocycles. The number of nitrogens with zero attached hydrogens (tertiary/aromatic N) is 3. The van der Waals surface area contributed by atoms with E-state index in [1.165, 1.54) is 6.07 Å². The lowest BCUT2D eigenvalue weighted by Gasteiger charge is -2.05. The highest BCUT2D eigenvalue weighted by Gasteiger charge is 2.32. The van der Waals surface area contributed by atoms with Gasteiger partial charge in [0, 0.05) is 11.8 Å². The van der Waals surface area contributed by atoms with E-state index < -0.39 is 11.9 Å². The van der Waals surface area contributed by atoms with E-state index in [0.29, 0.717) is 0 Å². The summed E-state index contributed by atoms with van der Waals surface area (Å²) in [4.78, 5) is 3.21. The number of aromatic nitrogens is 3. The van der Waals surface area contributed by atoms with Crippen molar-refractivity contribution in [2.75, 3.05) is 0 Å². The molecular weight excluding hydrogens is 211 g/mol. The summed E-state index contributed by atoms with van der Waals surface area (Å²) in [6, 6.07) is 2.22. The van der Waals surface area contributed by atoms with Crippen molar-refractivity contribution >= 4 is 0 Å². The molecule has 0 radical (unpaired) electrons. The van der Waals surface area contributed by atoms with E-state index in [9.17, 15) is 13.2 Å². The fourth-order valence-electron chi connectivity index (χ4n) is 1.02. The molecule has 0 aliphatic carbocycles. The first kappa shape index (κ1) is 9.63. The van der Waals surface area contributed by atoms with Crippen LogP contribution >= 0.6 is 0 Å². The Bertz CT molecular complexity index is 452. The molecule has 0 N–H and O–H groups in total. The van der Waals surface area contributed by atoms with Gasteiger partial charge in [0.1, 0.15) is 5.69 Å². The standard InChI is InChI=1S/C8H4F3N3O/c9-8(10,11)6-3-5(1-2-12-6)7-14-13-4-15-7/h1-4H. The Morgan fingerprint density at radius 3 is 2.67 bits per heavy atom. The van der Waals surface area contributed by atoms with Crippen LogP contribution in [0.5, 0.6) is 0 Å². The van der Waals surface area contributed by atoms with Crippen LogP contribution in [-0.2, 0) is 6.18 Å². The van der Waals surface area contributed by atoms with Gasteiger partial charge in [-0.2, -0.15) is 13.2 Å². The summed E-state index contributed by atoms with van der Waals surface area (Å²) in [5.41, 5.74) is -0.798. The molecular formula is C8H4F3N3O. The van der Waals surface area contributed by atoms with Crippen molar-refractivity contribution in [1.82, 2.24) is 15.2 Å². The molecule has 2 aromatic heterocycles. The van der Waals surface area contributed by atoms with Gasteiger partial charge in [0.25, 0.3) is 0 Å². The van der Waals surface area contributed by atoms with E-state index >= 15 is 0 Å². The molecule has 0 fully saturated rings. The first-order valence-corrected chi connectivity index (χ1v) is 3.87. The summed E-state index contributed by atoms with van der Waals surface area (Å²) >= 11 is 0. The van der Waals surface area contributed by atoms with E-state index in [1.807, 2.05) is 0 Å². The van der Waals surface area contributed by atoms with Gasteiger partial charge in [-0.15, -0.1) is 10.2 Å². The van der Waals surface area contributed by atoms with Gasteiger partial charge in [0.15, 0.2) is 0 Å². The van der Waals surface area contributed by atoms with E-state index in [2.05, 4.69) is 15.2 Å². The van der Waals surface area contributed by atoms with Crippen molar-refractivity contribution in [2.24, 2.45) is 0 Å². The highest BCUT2D eigenvalue weighted by molar-refractivity contribution is 5.52. The fraction of sp³-hybridized carbons (Fsp3) is 0.125. The Labute approximate surface area is 81.8 Å². The molecule has 78 valence electrons. The van der Waals surface area contributed by atoms with E-state index in [4.69, 9.17) is 4.42 Å². The molecule has 15 heavy (non-hydrogen) atoms. The highest BCUT2D eigenvalue weighted by atomic mass is 19.4. The average molecular weight is 215 g/mol. The van der Waals surface area contributed by atoms with Crippen LogP contribution < -0.4 is 0 Å². The summed E-state index contributed by atoms with van der Waals surface area (Å²) in [7, 11) is 0. The first-order valence-electron chi connectivity index (χ1n) is 3.87. The molecule has 0 amide bonds. The molecule has 0 aliphatic heterocycles. The number of hydrogen-bond acceptors (Lipinski definition) is 4. The molecule has 0 aromatic carbocycles. The van der Waals surface area contributed by atoms with Crippen LogP contribution in [0.1, 0.15) is 5.69 Å². The lowest BCUT2D eigenvalue weighted by atomic mass is 10.2. The first-order chi connectivity index (χ1) is 7.07. The normalized spacial score (nSPS) is 11.7. The van der Waals surface area contributed by atoms with Gasteiger partial charge in [-0.3, -0.25) is 4.98 Å². The van der Waals surface area contributed by atoms with Crippen LogP contribution in [-0.4, -0.2) is 15.2 Å². The second kappa shape index (κ2) is 3.34. The van der Waals surface area contributed by atoms with Gasteiger partial charge >= 0.3 is 6.18 Å². The van der Waals surface area contributed by atoms with Crippen molar-refractivity contribution in [3.05, 3.63) is 30.4 Å². The van der Waals surface area contributed by atoms with Gasteiger partial charge < -0.3 is 4.42 Å². The van der Waals surface area contributed by atoms with Crippen LogP contribution in [0.25, 0.3) is 11.5 Å². The quantitative estimate of drug-likeness (QED) is 0.731. The molecule has 0 saturated carbocycles. The number of pyridine rings is 1. The zero-order chi connectivity index (χ0) is 10.9. The Morgan fingerprint density at radius 2 is 2.07 bits per heavy atom. The molecule has 2 rings (SSSR count). The van der Waals surface area contributed by atoms with Gasteiger partial charge in [-0.05, 0) is 12.1 Å². The van der Waals surface area contributed by atoms with E-state index in [-0.39, 0.29) is 11.5 Å².